The van der Waals surface area contributed by atoms with Gasteiger partial charge in [0.2, 0.25) is 0 Å². The van der Waals surface area contributed by atoms with Crippen molar-refractivity contribution < 1.29 is 9.21 Å². The van der Waals surface area contributed by atoms with Crippen LogP contribution in [0, 0.1) is 6.92 Å². The minimum Gasteiger partial charge on any atom is -0.469 e. The smallest absolute Gasteiger partial charge is 0.263 e. The lowest BCUT2D eigenvalue weighted by molar-refractivity contribution is 0.0950. The molecule has 6 nitrogen and oxygen atoms in total. The maximum absolute atomic E-state index is 12.7. The normalized spacial score (nSPS) is 12.4. The van der Waals surface area contributed by atoms with E-state index in [2.05, 4.69) is 5.32 Å². The summed E-state index contributed by atoms with van der Waals surface area (Å²) in [6.45, 7) is 5.00. The number of carbonyl (C=O) groups excluding carboxylic acids is 1. The molecule has 2 rings (SSSR count). The molecule has 1 atom stereocenters. The second-order valence-electron chi connectivity index (χ2n) is 6.64. The van der Waals surface area contributed by atoms with E-state index in [0.717, 1.165) is 25.1 Å². The number of likely N-dealkylation sites (N-methyl/N-ethyl adjacent to an activating group) is 1. The summed E-state index contributed by atoms with van der Waals surface area (Å²) >= 11 is 0. The Morgan fingerprint density at radius 2 is 2.12 bits per heavy atom. The summed E-state index contributed by atoms with van der Waals surface area (Å²) in [4.78, 5) is 27.2. The Labute approximate surface area is 148 Å². The van der Waals surface area contributed by atoms with Crippen molar-refractivity contribution in [3.05, 3.63) is 57.9 Å². The van der Waals surface area contributed by atoms with Crippen LogP contribution in [-0.4, -0.2) is 42.6 Å². The monoisotopic (exact) mass is 345 g/mol. The van der Waals surface area contributed by atoms with Gasteiger partial charge in [-0.2, -0.15) is 0 Å². The van der Waals surface area contributed by atoms with Gasteiger partial charge in [-0.25, -0.2) is 0 Å². The summed E-state index contributed by atoms with van der Waals surface area (Å²) in [7, 11) is 3.92. The molecule has 0 saturated heterocycles. The van der Waals surface area contributed by atoms with E-state index >= 15 is 0 Å². The molecule has 0 radical (unpaired) electrons. The first-order valence-corrected chi connectivity index (χ1v) is 8.57. The third-order valence-corrected chi connectivity index (χ3v) is 4.12. The highest BCUT2D eigenvalue weighted by atomic mass is 16.3. The minimum atomic E-state index is -0.312. The van der Waals surface area contributed by atoms with Gasteiger partial charge in [0.25, 0.3) is 11.5 Å². The Hall–Kier alpha value is -2.34. The zero-order valence-electron chi connectivity index (χ0n) is 15.4. The second-order valence-corrected chi connectivity index (χ2v) is 6.64. The molecule has 25 heavy (non-hydrogen) atoms. The fraction of sp³-hybridized carbons (Fsp3) is 0.474. The third-order valence-electron chi connectivity index (χ3n) is 4.12. The number of nitrogens with zero attached hydrogens (tertiary/aromatic N) is 2. The molecule has 0 aliphatic heterocycles. The molecular weight excluding hydrogens is 318 g/mol. The van der Waals surface area contributed by atoms with Crippen LogP contribution >= 0.6 is 0 Å². The first-order valence-electron chi connectivity index (χ1n) is 8.57. The van der Waals surface area contributed by atoms with Crippen LogP contribution in [0.25, 0.3) is 0 Å². The van der Waals surface area contributed by atoms with E-state index in [-0.39, 0.29) is 23.1 Å². The number of hydrogen-bond acceptors (Lipinski definition) is 4. The van der Waals surface area contributed by atoms with Gasteiger partial charge in [-0.3, -0.25) is 9.59 Å². The largest absolute Gasteiger partial charge is 0.469 e. The Morgan fingerprint density at radius 1 is 1.36 bits per heavy atom. The maximum Gasteiger partial charge on any atom is 0.263 e. The average molecular weight is 345 g/mol. The number of nitrogens with one attached hydrogen (secondary N) is 1. The predicted octanol–water partition coefficient (Wildman–Crippen LogP) is 2.23. The summed E-state index contributed by atoms with van der Waals surface area (Å²) in [6, 6.07) is 5.58. The van der Waals surface area contributed by atoms with Gasteiger partial charge in [0.1, 0.15) is 11.3 Å². The van der Waals surface area contributed by atoms with Gasteiger partial charge in [-0.15, -0.1) is 0 Å². The van der Waals surface area contributed by atoms with E-state index in [0.29, 0.717) is 12.1 Å². The number of pyridine rings is 1. The second kappa shape index (κ2) is 8.67. The van der Waals surface area contributed by atoms with Crippen LogP contribution in [0.3, 0.4) is 0 Å². The maximum atomic E-state index is 12.7. The lowest BCUT2D eigenvalue weighted by Gasteiger charge is -2.20. The van der Waals surface area contributed by atoms with Crippen molar-refractivity contribution in [2.24, 2.45) is 0 Å². The molecule has 2 aromatic heterocycles. The van der Waals surface area contributed by atoms with Crippen molar-refractivity contribution in [2.75, 3.05) is 27.2 Å². The summed E-state index contributed by atoms with van der Waals surface area (Å²) in [5, 5.41) is 2.85. The van der Waals surface area contributed by atoms with E-state index in [1.165, 1.54) is 0 Å². The molecule has 1 N–H and O–H groups in total. The van der Waals surface area contributed by atoms with Crippen LogP contribution in [0.4, 0.5) is 0 Å². The van der Waals surface area contributed by atoms with Crippen LogP contribution in [0.2, 0.25) is 0 Å². The van der Waals surface area contributed by atoms with Gasteiger partial charge in [0.05, 0.1) is 6.26 Å². The molecule has 2 heterocycles. The minimum absolute atomic E-state index is 0.00592. The molecule has 0 aliphatic carbocycles. The van der Waals surface area contributed by atoms with Gasteiger partial charge in [-0.1, -0.05) is 0 Å². The standard InChI is InChI=1S/C19H27N3O3/c1-14-9-11-22(15(2)13-21(3)4)19(24)17(14)18(23)20-10-5-7-16-8-6-12-25-16/h6,8-9,11-12,15H,5,7,10,13H2,1-4H3,(H,20,23). The molecular formula is C19H27N3O3. The lowest BCUT2D eigenvalue weighted by atomic mass is 10.1. The van der Waals surface area contributed by atoms with Crippen molar-refractivity contribution in [1.29, 1.82) is 0 Å². The third kappa shape index (κ3) is 5.06. The van der Waals surface area contributed by atoms with Crippen molar-refractivity contribution in [3.8, 4) is 0 Å². The Bertz CT molecular complexity index is 748. The zero-order chi connectivity index (χ0) is 18.4. The van der Waals surface area contributed by atoms with Crippen molar-refractivity contribution in [2.45, 2.75) is 32.7 Å². The van der Waals surface area contributed by atoms with Crippen LogP contribution in [0.15, 0.2) is 39.9 Å². The summed E-state index contributed by atoms with van der Waals surface area (Å²) < 4.78 is 6.90. The van der Waals surface area contributed by atoms with E-state index < -0.39 is 0 Å². The lowest BCUT2D eigenvalue weighted by Crippen LogP contribution is -2.37. The van der Waals surface area contributed by atoms with E-state index in [1.54, 1.807) is 24.0 Å². The number of aryl methyl sites for hydroxylation is 2. The van der Waals surface area contributed by atoms with Gasteiger partial charge in [0.15, 0.2) is 0 Å². The fourth-order valence-electron chi connectivity index (χ4n) is 2.89. The molecule has 0 bridgehead atoms. The number of carbonyl (C=O) groups is 1. The number of hydrogen-bond donors (Lipinski definition) is 1. The fourth-order valence-corrected chi connectivity index (χ4v) is 2.89. The number of amides is 1. The molecule has 1 amide bonds. The number of aromatic nitrogens is 1. The molecule has 0 spiro atoms. The van der Waals surface area contributed by atoms with Crippen LogP contribution in [0.1, 0.15) is 41.1 Å². The van der Waals surface area contributed by atoms with Crippen molar-refractivity contribution in [3.63, 3.8) is 0 Å². The number of furan rings is 1. The van der Waals surface area contributed by atoms with Gasteiger partial charge < -0.3 is 19.2 Å². The SMILES string of the molecule is Cc1ccn(C(C)CN(C)C)c(=O)c1C(=O)NCCCc1ccco1. The highest BCUT2D eigenvalue weighted by Gasteiger charge is 2.18. The quantitative estimate of drug-likeness (QED) is 0.745. The molecule has 1 unspecified atom stereocenters. The van der Waals surface area contributed by atoms with Crippen LogP contribution in [0.5, 0.6) is 0 Å². The van der Waals surface area contributed by atoms with E-state index in [1.807, 2.05) is 44.1 Å². The van der Waals surface area contributed by atoms with Gasteiger partial charge in [-0.05, 0) is 58.1 Å². The predicted molar refractivity (Wildman–Crippen MR) is 98.1 cm³/mol. The highest BCUT2D eigenvalue weighted by molar-refractivity contribution is 5.95. The summed E-state index contributed by atoms with van der Waals surface area (Å²) in [5.74, 6) is 0.582. The Morgan fingerprint density at radius 3 is 2.76 bits per heavy atom. The van der Waals surface area contributed by atoms with Gasteiger partial charge >= 0.3 is 0 Å². The van der Waals surface area contributed by atoms with E-state index in [4.69, 9.17) is 4.42 Å². The van der Waals surface area contributed by atoms with Crippen molar-refractivity contribution in [1.82, 2.24) is 14.8 Å². The molecule has 2 aromatic rings. The summed E-state index contributed by atoms with van der Waals surface area (Å²) in [5.41, 5.74) is 0.686. The summed E-state index contributed by atoms with van der Waals surface area (Å²) in [6.07, 6.45) is 4.92. The molecule has 136 valence electrons. The molecule has 0 aromatic carbocycles. The van der Waals surface area contributed by atoms with Crippen LogP contribution in [-0.2, 0) is 6.42 Å². The average Bonchev–Trinajstić information content (AvgIpc) is 3.04. The topological polar surface area (TPSA) is 67.5 Å². The molecule has 0 aliphatic rings. The van der Waals surface area contributed by atoms with E-state index in [9.17, 15) is 9.59 Å². The van der Waals surface area contributed by atoms with Crippen LogP contribution < -0.4 is 10.9 Å². The Balaban J connectivity index is 2.04. The van der Waals surface area contributed by atoms with Crippen molar-refractivity contribution >= 4 is 5.91 Å². The first kappa shape index (κ1) is 19.0. The molecule has 0 saturated carbocycles. The Kier molecular flexibility index (Phi) is 6.58. The first-order chi connectivity index (χ1) is 11.9. The molecule has 0 fully saturated rings. The van der Waals surface area contributed by atoms with Gasteiger partial charge in [0, 0.05) is 31.7 Å². The number of rotatable bonds is 8. The zero-order valence-corrected chi connectivity index (χ0v) is 15.4. The highest BCUT2D eigenvalue weighted by Crippen LogP contribution is 2.08. The molecule has 6 heteroatoms.